The lowest BCUT2D eigenvalue weighted by atomic mass is 9.96. The smallest absolute Gasteiger partial charge is 0.200 e. The van der Waals surface area contributed by atoms with Gasteiger partial charge in [-0.1, -0.05) is 55.1 Å². The number of aliphatic hydroxyl groups excluding tert-OH is 1. The van der Waals surface area contributed by atoms with Crippen molar-refractivity contribution < 1.29 is 23.4 Å². The minimum atomic E-state index is -1.01. The molecule has 1 unspecified atom stereocenters. The van der Waals surface area contributed by atoms with Crippen LogP contribution in [-0.4, -0.2) is 18.0 Å². The molecule has 4 rings (SSSR count). The van der Waals surface area contributed by atoms with Gasteiger partial charge in [-0.3, -0.25) is 9.59 Å². The fourth-order valence-electron chi connectivity index (χ4n) is 4.16. The average molecular weight is 487 g/mol. The van der Waals surface area contributed by atoms with Gasteiger partial charge in [-0.05, 0) is 59.0 Å². The van der Waals surface area contributed by atoms with E-state index in [-0.39, 0.29) is 29.4 Å². The van der Waals surface area contributed by atoms with E-state index in [1.54, 1.807) is 61.7 Å². The maximum Gasteiger partial charge on any atom is 0.200 e. The lowest BCUT2D eigenvalue weighted by molar-refractivity contribution is 0.101. The molecule has 0 bridgehead atoms. The van der Waals surface area contributed by atoms with Crippen molar-refractivity contribution in [1.29, 1.82) is 0 Å². The van der Waals surface area contributed by atoms with Crippen molar-refractivity contribution in [3.8, 4) is 5.75 Å². The van der Waals surface area contributed by atoms with Crippen molar-refractivity contribution in [2.24, 2.45) is 0 Å². The van der Waals surface area contributed by atoms with Crippen LogP contribution in [0.5, 0.6) is 5.75 Å². The van der Waals surface area contributed by atoms with E-state index in [2.05, 4.69) is 6.58 Å². The van der Waals surface area contributed by atoms with Gasteiger partial charge >= 0.3 is 0 Å². The Balaban J connectivity index is 1.78. The molecule has 4 nitrogen and oxygen atoms in total. The van der Waals surface area contributed by atoms with Crippen LogP contribution in [-0.2, 0) is 6.42 Å². The van der Waals surface area contributed by atoms with Gasteiger partial charge in [0.05, 0.1) is 24.2 Å². The number of rotatable bonds is 8. The zero-order chi connectivity index (χ0) is 25.8. The first-order valence-electron chi connectivity index (χ1n) is 11.3. The maximum absolute atomic E-state index is 15.0. The number of benzene rings is 3. The number of hydrogen-bond acceptors (Lipinski definition) is 4. The highest BCUT2D eigenvalue weighted by atomic mass is 19.1. The summed E-state index contributed by atoms with van der Waals surface area (Å²) >= 11 is 0. The molecule has 6 heteroatoms. The Labute approximate surface area is 207 Å². The Morgan fingerprint density at radius 3 is 2.19 bits per heavy atom. The van der Waals surface area contributed by atoms with Crippen LogP contribution in [0.1, 0.15) is 39.6 Å². The Bertz CT molecular complexity index is 1500. The highest BCUT2D eigenvalue weighted by Crippen LogP contribution is 2.27. The van der Waals surface area contributed by atoms with Gasteiger partial charge in [0, 0.05) is 11.8 Å². The largest absolute Gasteiger partial charge is 0.497 e. The third kappa shape index (κ3) is 5.09. The summed E-state index contributed by atoms with van der Waals surface area (Å²) in [6.45, 7) is 3.76. The molecule has 0 saturated carbocycles. The first-order chi connectivity index (χ1) is 17.3. The summed E-state index contributed by atoms with van der Waals surface area (Å²) in [6, 6.07) is 20.4. The molecule has 4 aromatic carbocycles. The number of ketones is 1. The lowest BCUT2D eigenvalue weighted by Crippen LogP contribution is -2.16. The fraction of sp³-hybridized carbons (Fsp3) is 0.133. The third-order valence-electron chi connectivity index (χ3n) is 6.09. The van der Waals surface area contributed by atoms with Crippen molar-refractivity contribution in [3.63, 3.8) is 0 Å². The predicted molar refractivity (Wildman–Crippen MR) is 135 cm³/mol. The predicted octanol–water partition coefficient (Wildman–Crippen LogP) is 5.94. The Morgan fingerprint density at radius 2 is 1.56 bits per heavy atom. The van der Waals surface area contributed by atoms with Crippen LogP contribution in [0.25, 0.3) is 10.8 Å². The van der Waals surface area contributed by atoms with Gasteiger partial charge in [-0.25, -0.2) is 8.78 Å². The second-order valence-electron chi connectivity index (χ2n) is 8.47. The number of carbonyl (C=O) groups excluding carboxylic acids is 1. The van der Waals surface area contributed by atoms with Crippen molar-refractivity contribution in [2.75, 3.05) is 7.11 Å². The molecule has 0 spiro atoms. The Morgan fingerprint density at radius 1 is 0.917 bits per heavy atom. The molecule has 4 aromatic rings. The van der Waals surface area contributed by atoms with Crippen LogP contribution in [0, 0.1) is 11.6 Å². The lowest BCUT2D eigenvalue weighted by Gasteiger charge is -2.12. The van der Waals surface area contributed by atoms with Crippen LogP contribution in [0.2, 0.25) is 0 Å². The second-order valence-corrected chi connectivity index (χ2v) is 8.47. The quantitative estimate of drug-likeness (QED) is 0.247. The van der Waals surface area contributed by atoms with Crippen molar-refractivity contribution >= 4 is 16.6 Å². The van der Waals surface area contributed by atoms with Crippen LogP contribution in [0.15, 0.2) is 95.8 Å². The number of hydrogen-bond donors (Lipinski definition) is 1. The monoisotopic (exact) mass is 486 g/mol. The molecule has 0 radical (unpaired) electrons. The summed E-state index contributed by atoms with van der Waals surface area (Å²) in [5.41, 5.74) is 0.434. The number of halogens is 2. The fourth-order valence-corrected chi connectivity index (χ4v) is 4.16. The first kappa shape index (κ1) is 24.9. The number of fused-ring (bicyclic) bond motifs is 1. The number of aliphatic hydroxyl groups is 1. The molecule has 0 heterocycles. The van der Waals surface area contributed by atoms with Crippen molar-refractivity contribution in [1.82, 2.24) is 0 Å². The van der Waals surface area contributed by atoms with Gasteiger partial charge in [0.15, 0.2) is 5.78 Å². The molecular weight excluding hydrogens is 462 g/mol. The summed E-state index contributed by atoms with van der Waals surface area (Å²) in [4.78, 5) is 26.6. The molecule has 36 heavy (non-hydrogen) atoms. The van der Waals surface area contributed by atoms with Gasteiger partial charge in [-0.2, -0.15) is 0 Å². The van der Waals surface area contributed by atoms with E-state index in [0.29, 0.717) is 16.9 Å². The van der Waals surface area contributed by atoms with E-state index in [9.17, 15) is 23.5 Å². The SMILES string of the molecule is C=C(CC(O)c1ccccc1)C(=O)c1ccc(Cc2ccc(OC)cc2)c2c(F)ccc(F)c2c1=O. The zero-order valence-electron chi connectivity index (χ0n) is 19.6. The van der Waals surface area contributed by atoms with E-state index in [1.807, 2.05) is 0 Å². The van der Waals surface area contributed by atoms with Crippen molar-refractivity contribution in [3.05, 3.63) is 135 Å². The summed E-state index contributed by atoms with van der Waals surface area (Å²) in [7, 11) is 1.54. The van der Waals surface area contributed by atoms with Crippen LogP contribution in [0.3, 0.4) is 0 Å². The van der Waals surface area contributed by atoms with Gasteiger partial charge < -0.3 is 9.84 Å². The molecule has 0 fully saturated rings. The van der Waals surface area contributed by atoms with E-state index in [4.69, 9.17) is 4.74 Å². The first-order valence-corrected chi connectivity index (χ1v) is 11.3. The van der Waals surface area contributed by atoms with Gasteiger partial charge in [0.2, 0.25) is 5.43 Å². The Kier molecular flexibility index (Phi) is 7.36. The van der Waals surface area contributed by atoms with Gasteiger partial charge in [0.25, 0.3) is 0 Å². The van der Waals surface area contributed by atoms with E-state index in [1.165, 1.54) is 12.1 Å². The molecule has 0 saturated heterocycles. The minimum absolute atomic E-state index is 0.0173. The molecule has 0 aliphatic heterocycles. The summed E-state index contributed by atoms with van der Waals surface area (Å²) < 4.78 is 35.1. The van der Waals surface area contributed by atoms with E-state index >= 15 is 0 Å². The minimum Gasteiger partial charge on any atom is -0.497 e. The van der Waals surface area contributed by atoms with E-state index < -0.39 is 34.3 Å². The highest BCUT2D eigenvalue weighted by Gasteiger charge is 2.22. The second kappa shape index (κ2) is 10.6. The summed E-state index contributed by atoms with van der Waals surface area (Å²) in [5.74, 6) is -1.77. The molecule has 1 N–H and O–H groups in total. The molecule has 0 aromatic heterocycles. The average Bonchev–Trinajstić information content (AvgIpc) is 3.03. The maximum atomic E-state index is 15.0. The normalized spacial score (nSPS) is 11.8. The number of carbonyl (C=O) groups is 1. The summed E-state index contributed by atoms with van der Waals surface area (Å²) in [5, 5.41) is 9.82. The van der Waals surface area contributed by atoms with Crippen LogP contribution in [0.4, 0.5) is 8.78 Å². The Hall–Kier alpha value is -4.16. The summed E-state index contributed by atoms with van der Waals surface area (Å²) in [6.07, 6.45) is -0.934. The number of Topliss-reactive ketones (excluding diaryl/α,β-unsaturated/α-hetero) is 1. The van der Waals surface area contributed by atoms with Crippen molar-refractivity contribution in [2.45, 2.75) is 18.9 Å². The van der Waals surface area contributed by atoms with Gasteiger partial charge in [-0.15, -0.1) is 0 Å². The van der Waals surface area contributed by atoms with Gasteiger partial charge in [0.1, 0.15) is 17.4 Å². The van der Waals surface area contributed by atoms with Crippen LogP contribution >= 0.6 is 0 Å². The molecule has 0 aliphatic rings. The number of ether oxygens (including phenoxy) is 1. The van der Waals surface area contributed by atoms with Crippen LogP contribution < -0.4 is 10.2 Å². The topological polar surface area (TPSA) is 63.6 Å². The van der Waals surface area contributed by atoms with E-state index in [0.717, 1.165) is 17.7 Å². The molecule has 1 atom stereocenters. The molecule has 0 amide bonds. The molecular formula is C30H24F2O4. The zero-order valence-corrected chi connectivity index (χ0v) is 19.6. The third-order valence-corrected chi connectivity index (χ3v) is 6.09. The standard InChI is InChI=1S/C30H24F2O4/c1-18(16-26(33)20-6-4-3-5-7-20)29(34)23-13-10-21(17-19-8-11-22(36-2)12-9-19)27-24(31)14-15-25(32)28(27)30(23)35/h3-15,26,33H,1,16-17H2,2H3. The highest BCUT2D eigenvalue weighted by molar-refractivity contribution is 6.09. The molecule has 0 aliphatic carbocycles. The number of methoxy groups -OCH3 is 1. The molecule has 182 valence electrons.